The van der Waals surface area contributed by atoms with Crippen molar-refractivity contribution in [1.29, 1.82) is 0 Å². The third kappa shape index (κ3) is 3.65. The van der Waals surface area contributed by atoms with Gasteiger partial charge < -0.3 is 14.7 Å². The first kappa shape index (κ1) is 19.2. The van der Waals surface area contributed by atoms with Crippen LogP contribution in [-0.2, 0) is 9.53 Å². The van der Waals surface area contributed by atoms with E-state index in [9.17, 15) is 24.8 Å². The van der Waals surface area contributed by atoms with Crippen LogP contribution in [0.2, 0.25) is 0 Å². The molecule has 1 aromatic rings. The highest BCUT2D eigenvalue weighted by Gasteiger charge is 2.53. The summed E-state index contributed by atoms with van der Waals surface area (Å²) in [5.41, 5.74) is -0.846. The second-order valence-electron chi connectivity index (χ2n) is 6.93. The molecule has 0 bridgehead atoms. The first-order valence-electron chi connectivity index (χ1n) is 9.05. The highest BCUT2D eigenvalue weighted by atomic mass is 16.6. The molecule has 1 amide bonds. The zero-order valence-corrected chi connectivity index (χ0v) is 15.2. The fourth-order valence-corrected chi connectivity index (χ4v) is 3.86. The molecule has 0 aliphatic carbocycles. The van der Waals surface area contributed by atoms with Crippen LogP contribution in [0.3, 0.4) is 0 Å². The number of nitro benzene ring substituents is 1. The molecule has 146 valence electrons. The average Bonchev–Trinajstić information content (AvgIpc) is 3.02. The zero-order chi connectivity index (χ0) is 19.6. The Morgan fingerprint density at radius 1 is 1.30 bits per heavy atom. The number of likely N-dealkylation sites (tertiary alicyclic amines) is 1. The van der Waals surface area contributed by atoms with Crippen molar-refractivity contribution >= 4 is 17.6 Å². The molecule has 3 rings (SSSR count). The maximum absolute atomic E-state index is 13.1. The molecule has 0 saturated carbocycles. The molecule has 0 radical (unpaired) electrons. The van der Waals surface area contributed by atoms with Crippen LogP contribution in [0.4, 0.5) is 5.69 Å². The minimum Gasteiger partial charge on any atom is -0.480 e. The number of rotatable bonds is 5. The van der Waals surface area contributed by atoms with Gasteiger partial charge in [-0.05, 0) is 25.1 Å². The molecule has 2 fully saturated rings. The van der Waals surface area contributed by atoms with Crippen molar-refractivity contribution in [1.82, 2.24) is 9.80 Å². The van der Waals surface area contributed by atoms with Gasteiger partial charge >= 0.3 is 5.97 Å². The molecule has 0 aromatic heterocycles. The zero-order valence-electron chi connectivity index (χ0n) is 15.2. The Bertz CT molecular complexity index is 727. The summed E-state index contributed by atoms with van der Waals surface area (Å²) in [6.07, 6.45) is 2.10. The van der Waals surface area contributed by atoms with Gasteiger partial charge in [-0.3, -0.25) is 19.8 Å². The van der Waals surface area contributed by atoms with Crippen molar-refractivity contribution < 1.29 is 24.4 Å². The topological polar surface area (TPSA) is 113 Å². The van der Waals surface area contributed by atoms with Crippen molar-refractivity contribution in [3.8, 4) is 0 Å². The molecule has 27 heavy (non-hydrogen) atoms. The number of carbonyl (C=O) groups is 2. The minimum absolute atomic E-state index is 0.0537. The van der Waals surface area contributed by atoms with E-state index in [1.807, 2.05) is 0 Å². The summed E-state index contributed by atoms with van der Waals surface area (Å²) in [5.74, 6) is -1.59. The molecule has 2 aliphatic heterocycles. The molecular weight excluding hydrogens is 354 g/mol. The summed E-state index contributed by atoms with van der Waals surface area (Å²) < 4.78 is 5.89. The number of non-ortho nitro benzene ring substituents is 1. The van der Waals surface area contributed by atoms with Gasteiger partial charge in [-0.2, -0.15) is 0 Å². The number of ether oxygens (including phenoxy) is 1. The van der Waals surface area contributed by atoms with E-state index >= 15 is 0 Å². The van der Waals surface area contributed by atoms with Crippen LogP contribution in [0.25, 0.3) is 0 Å². The lowest BCUT2D eigenvalue weighted by molar-refractivity contribution is -0.384. The van der Waals surface area contributed by atoms with E-state index in [1.165, 1.54) is 29.2 Å². The van der Waals surface area contributed by atoms with Gasteiger partial charge in [-0.15, -0.1) is 0 Å². The lowest BCUT2D eigenvalue weighted by Crippen LogP contribution is -2.58. The number of nitro groups is 1. The number of carboxylic acid groups (broad SMARTS) is 1. The number of aliphatic carboxylic acids is 1. The van der Waals surface area contributed by atoms with Crippen molar-refractivity contribution in [3.05, 3.63) is 39.9 Å². The van der Waals surface area contributed by atoms with Gasteiger partial charge in [0.1, 0.15) is 5.72 Å². The highest BCUT2D eigenvalue weighted by Crippen LogP contribution is 2.38. The molecule has 0 unspecified atom stereocenters. The van der Waals surface area contributed by atoms with E-state index in [2.05, 4.69) is 11.8 Å². The SMILES string of the molecule is CCCN1CCC2(CC1)OC[C@@H](C(=O)O)N2C(=O)c1ccc([N+](=O)[O-])cc1. The molecule has 2 aliphatic rings. The Morgan fingerprint density at radius 3 is 2.44 bits per heavy atom. The maximum Gasteiger partial charge on any atom is 0.328 e. The Kier molecular flexibility index (Phi) is 5.43. The molecule has 1 N–H and O–H groups in total. The molecule has 2 saturated heterocycles. The van der Waals surface area contributed by atoms with Crippen molar-refractivity contribution in [2.45, 2.75) is 38.0 Å². The van der Waals surface area contributed by atoms with Gasteiger partial charge in [0, 0.05) is 43.6 Å². The van der Waals surface area contributed by atoms with Gasteiger partial charge in [0.15, 0.2) is 6.04 Å². The van der Waals surface area contributed by atoms with E-state index in [1.54, 1.807) is 0 Å². The first-order valence-corrected chi connectivity index (χ1v) is 9.05. The van der Waals surface area contributed by atoms with E-state index in [4.69, 9.17) is 4.74 Å². The van der Waals surface area contributed by atoms with Crippen LogP contribution in [0.1, 0.15) is 36.5 Å². The summed E-state index contributed by atoms with van der Waals surface area (Å²) in [7, 11) is 0. The summed E-state index contributed by atoms with van der Waals surface area (Å²) in [6.45, 7) is 4.45. The third-order valence-corrected chi connectivity index (χ3v) is 5.27. The van der Waals surface area contributed by atoms with Crippen molar-refractivity contribution in [2.75, 3.05) is 26.2 Å². The second-order valence-corrected chi connectivity index (χ2v) is 6.93. The van der Waals surface area contributed by atoms with Crippen LogP contribution in [0.5, 0.6) is 0 Å². The Balaban J connectivity index is 1.86. The van der Waals surface area contributed by atoms with Crippen LogP contribution in [0.15, 0.2) is 24.3 Å². The Morgan fingerprint density at radius 2 is 1.93 bits per heavy atom. The predicted octanol–water partition coefficient (Wildman–Crippen LogP) is 1.72. The smallest absolute Gasteiger partial charge is 0.328 e. The van der Waals surface area contributed by atoms with Crippen LogP contribution >= 0.6 is 0 Å². The average molecular weight is 377 g/mol. The van der Waals surface area contributed by atoms with Crippen molar-refractivity contribution in [2.24, 2.45) is 0 Å². The number of amides is 1. The van der Waals surface area contributed by atoms with E-state index in [0.717, 1.165) is 26.1 Å². The Labute approximate surface area is 156 Å². The quantitative estimate of drug-likeness (QED) is 0.614. The molecule has 1 aromatic carbocycles. The summed E-state index contributed by atoms with van der Waals surface area (Å²) >= 11 is 0. The number of nitrogens with zero attached hydrogens (tertiary/aromatic N) is 3. The van der Waals surface area contributed by atoms with Crippen molar-refractivity contribution in [3.63, 3.8) is 0 Å². The van der Waals surface area contributed by atoms with Crippen LogP contribution in [0, 0.1) is 10.1 Å². The molecule has 9 nitrogen and oxygen atoms in total. The van der Waals surface area contributed by atoms with Crippen LogP contribution < -0.4 is 0 Å². The monoisotopic (exact) mass is 377 g/mol. The maximum atomic E-state index is 13.1. The molecule has 1 atom stereocenters. The molecule has 2 heterocycles. The fourth-order valence-electron chi connectivity index (χ4n) is 3.86. The summed E-state index contributed by atoms with van der Waals surface area (Å²) in [6, 6.07) is 4.15. The number of carboxylic acids is 1. The molecule has 9 heteroatoms. The van der Waals surface area contributed by atoms with E-state index in [0.29, 0.717) is 12.8 Å². The first-order chi connectivity index (χ1) is 12.9. The largest absolute Gasteiger partial charge is 0.480 e. The molecular formula is C18H23N3O6. The third-order valence-electron chi connectivity index (χ3n) is 5.27. The minimum atomic E-state index is -1.11. The number of carbonyl (C=O) groups excluding carboxylic acids is 1. The van der Waals surface area contributed by atoms with Gasteiger partial charge in [0.25, 0.3) is 11.6 Å². The molecule has 1 spiro atoms. The van der Waals surface area contributed by atoms with Crippen LogP contribution in [-0.4, -0.2) is 69.7 Å². The van der Waals surface area contributed by atoms with Gasteiger partial charge in [-0.1, -0.05) is 6.92 Å². The number of benzene rings is 1. The summed E-state index contributed by atoms with van der Waals surface area (Å²) in [5, 5.41) is 20.4. The lowest BCUT2D eigenvalue weighted by atomic mass is 9.96. The van der Waals surface area contributed by atoms with Gasteiger partial charge in [-0.25, -0.2) is 4.79 Å². The highest BCUT2D eigenvalue weighted by molar-refractivity contribution is 5.97. The number of piperidine rings is 1. The predicted molar refractivity (Wildman–Crippen MR) is 95.3 cm³/mol. The van der Waals surface area contributed by atoms with E-state index < -0.39 is 28.6 Å². The Hall–Kier alpha value is -2.52. The summed E-state index contributed by atoms with van der Waals surface area (Å²) in [4.78, 5) is 38.7. The second kappa shape index (κ2) is 7.61. The standard InChI is InChI=1S/C18H23N3O6/c1-2-9-19-10-7-18(8-11-19)20(15(12-27-18)17(23)24)16(22)13-3-5-14(6-4-13)21(25)26/h3-6,15H,2,7-12H2,1H3,(H,23,24)/t15-/m0/s1. The number of hydrogen-bond acceptors (Lipinski definition) is 6. The fraction of sp³-hybridized carbons (Fsp3) is 0.556. The number of hydrogen-bond donors (Lipinski definition) is 1. The van der Waals surface area contributed by atoms with Gasteiger partial charge in [0.05, 0.1) is 11.5 Å². The van der Waals surface area contributed by atoms with Gasteiger partial charge in [0.2, 0.25) is 0 Å². The lowest BCUT2D eigenvalue weighted by Gasteiger charge is -2.44. The van der Waals surface area contributed by atoms with E-state index in [-0.39, 0.29) is 17.9 Å². The normalized spacial score (nSPS) is 22.1.